The van der Waals surface area contributed by atoms with E-state index in [-0.39, 0.29) is 0 Å². The molecule has 0 aliphatic rings. The molecule has 1 aromatic rings. The van der Waals surface area contributed by atoms with Gasteiger partial charge in [-0.3, -0.25) is 0 Å². The predicted octanol–water partition coefficient (Wildman–Crippen LogP) is 1.61. The standard InChI is InChI=1S/C7H4F3N3/c8-4-1-5(6(9)10)13-7(12)3(4)2-11/h1,6H,(H2,12,13). The van der Waals surface area contributed by atoms with E-state index in [1.807, 2.05) is 0 Å². The molecule has 3 nitrogen and oxygen atoms in total. The number of alkyl halides is 2. The van der Waals surface area contributed by atoms with Gasteiger partial charge in [0.2, 0.25) is 0 Å². The molecule has 0 bridgehead atoms. The van der Waals surface area contributed by atoms with Crippen molar-refractivity contribution >= 4 is 5.82 Å². The summed E-state index contributed by atoms with van der Waals surface area (Å²) in [6.45, 7) is 0. The van der Waals surface area contributed by atoms with E-state index in [2.05, 4.69) is 4.98 Å². The van der Waals surface area contributed by atoms with E-state index in [9.17, 15) is 13.2 Å². The zero-order valence-corrected chi connectivity index (χ0v) is 6.26. The van der Waals surface area contributed by atoms with Gasteiger partial charge < -0.3 is 5.73 Å². The van der Waals surface area contributed by atoms with Crippen LogP contribution in [0.5, 0.6) is 0 Å². The maximum Gasteiger partial charge on any atom is 0.280 e. The van der Waals surface area contributed by atoms with Crippen LogP contribution < -0.4 is 5.73 Å². The Hall–Kier alpha value is -1.77. The van der Waals surface area contributed by atoms with E-state index < -0.39 is 29.3 Å². The third-order valence-corrected chi connectivity index (χ3v) is 1.35. The van der Waals surface area contributed by atoms with Crippen LogP contribution in [0.1, 0.15) is 17.7 Å². The number of nitriles is 1. The molecule has 1 aromatic heterocycles. The highest BCUT2D eigenvalue weighted by atomic mass is 19.3. The number of pyridine rings is 1. The van der Waals surface area contributed by atoms with Gasteiger partial charge in [-0.05, 0) is 0 Å². The zero-order valence-electron chi connectivity index (χ0n) is 6.26. The van der Waals surface area contributed by atoms with Crippen LogP contribution in [0.15, 0.2) is 6.07 Å². The summed E-state index contributed by atoms with van der Waals surface area (Å²) in [5, 5.41) is 8.33. The quantitative estimate of drug-likeness (QED) is 0.726. The number of rotatable bonds is 1. The summed E-state index contributed by atoms with van der Waals surface area (Å²) in [4.78, 5) is 3.17. The molecule has 1 rings (SSSR count). The first-order chi connectivity index (χ1) is 6.06. The topological polar surface area (TPSA) is 62.7 Å². The summed E-state index contributed by atoms with van der Waals surface area (Å²) >= 11 is 0. The second-order valence-electron chi connectivity index (χ2n) is 2.20. The molecule has 0 aromatic carbocycles. The van der Waals surface area contributed by atoms with E-state index in [1.165, 1.54) is 6.07 Å². The third kappa shape index (κ3) is 1.69. The average molecular weight is 187 g/mol. The van der Waals surface area contributed by atoms with Crippen molar-refractivity contribution in [1.29, 1.82) is 5.26 Å². The van der Waals surface area contributed by atoms with Crippen LogP contribution >= 0.6 is 0 Å². The molecule has 0 saturated heterocycles. The van der Waals surface area contributed by atoms with Crippen molar-refractivity contribution in [2.45, 2.75) is 6.43 Å². The van der Waals surface area contributed by atoms with Crippen molar-refractivity contribution in [1.82, 2.24) is 4.98 Å². The number of nitrogen functional groups attached to an aromatic ring is 1. The number of hydrogen-bond acceptors (Lipinski definition) is 3. The van der Waals surface area contributed by atoms with Crippen LogP contribution in [-0.4, -0.2) is 4.98 Å². The normalized spacial score (nSPS) is 10.1. The van der Waals surface area contributed by atoms with Crippen LogP contribution in [0.2, 0.25) is 0 Å². The second-order valence-corrected chi connectivity index (χ2v) is 2.20. The Bertz CT molecular complexity index is 347. The highest BCUT2D eigenvalue weighted by Crippen LogP contribution is 2.21. The molecule has 0 atom stereocenters. The van der Waals surface area contributed by atoms with Gasteiger partial charge in [0.05, 0.1) is 0 Å². The Balaban J connectivity index is 3.30. The Morgan fingerprint density at radius 1 is 1.54 bits per heavy atom. The minimum atomic E-state index is -2.90. The lowest BCUT2D eigenvalue weighted by Crippen LogP contribution is -2.02. The van der Waals surface area contributed by atoms with Crippen molar-refractivity contribution < 1.29 is 13.2 Å². The fourth-order valence-corrected chi connectivity index (χ4v) is 0.774. The fraction of sp³-hybridized carbons (Fsp3) is 0.143. The smallest absolute Gasteiger partial charge is 0.280 e. The number of nitrogens with two attached hydrogens (primary N) is 1. The van der Waals surface area contributed by atoms with Gasteiger partial charge in [0.1, 0.15) is 29.0 Å². The zero-order chi connectivity index (χ0) is 10.0. The first-order valence-electron chi connectivity index (χ1n) is 3.20. The number of aromatic nitrogens is 1. The Morgan fingerprint density at radius 2 is 2.15 bits per heavy atom. The van der Waals surface area contributed by atoms with Crippen molar-refractivity contribution in [2.24, 2.45) is 0 Å². The Kier molecular flexibility index (Phi) is 2.37. The van der Waals surface area contributed by atoms with E-state index in [0.29, 0.717) is 6.07 Å². The molecule has 0 radical (unpaired) electrons. The summed E-state index contributed by atoms with van der Waals surface area (Å²) in [6.07, 6.45) is -2.90. The third-order valence-electron chi connectivity index (χ3n) is 1.35. The SMILES string of the molecule is N#Cc1c(F)cc(C(F)F)nc1N. The van der Waals surface area contributed by atoms with Crippen molar-refractivity contribution in [3.63, 3.8) is 0 Å². The lowest BCUT2D eigenvalue weighted by atomic mass is 10.2. The molecular weight excluding hydrogens is 183 g/mol. The molecule has 0 spiro atoms. The van der Waals surface area contributed by atoms with Crippen LogP contribution in [0, 0.1) is 17.1 Å². The Morgan fingerprint density at radius 3 is 2.54 bits per heavy atom. The van der Waals surface area contributed by atoms with Gasteiger partial charge in [-0.15, -0.1) is 0 Å². The molecule has 68 valence electrons. The van der Waals surface area contributed by atoms with Gasteiger partial charge >= 0.3 is 0 Å². The average Bonchev–Trinajstić information content (AvgIpc) is 2.03. The summed E-state index contributed by atoms with van der Waals surface area (Å²) in [7, 11) is 0. The monoisotopic (exact) mass is 187 g/mol. The largest absolute Gasteiger partial charge is 0.382 e. The second kappa shape index (κ2) is 3.31. The van der Waals surface area contributed by atoms with Crippen molar-refractivity contribution in [3.8, 4) is 6.07 Å². The first-order valence-corrected chi connectivity index (χ1v) is 3.20. The van der Waals surface area contributed by atoms with Gasteiger partial charge in [0, 0.05) is 6.07 Å². The highest BCUT2D eigenvalue weighted by Gasteiger charge is 2.15. The molecule has 2 N–H and O–H groups in total. The van der Waals surface area contributed by atoms with E-state index in [4.69, 9.17) is 11.0 Å². The maximum atomic E-state index is 12.8. The van der Waals surface area contributed by atoms with Crippen molar-refractivity contribution in [3.05, 3.63) is 23.1 Å². The van der Waals surface area contributed by atoms with Crippen LogP contribution in [0.4, 0.5) is 19.0 Å². The number of halogens is 3. The Labute approximate surface area is 71.6 Å². The van der Waals surface area contributed by atoms with E-state index in [0.717, 1.165) is 0 Å². The molecule has 6 heteroatoms. The van der Waals surface area contributed by atoms with Crippen LogP contribution in [0.25, 0.3) is 0 Å². The fourth-order valence-electron chi connectivity index (χ4n) is 0.774. The van der Waals surface area contributed by atoms with Crippen molar-refractivity contribution in [2.75, 3.05) is 5.73 Å². The molecule has 0 aliphatic carbocycles. The molecule has 0 fully saturated rings. The van der Waals surface area contributed by atoms with Gasteiger partial charge in [0.25, 0.3) is 6.43 Å². The lowest BCUT2D eigenvalue weighted by molar-refractivity contribution is 0.145. The minimum absolute atomic E-state index is 0.500. The number of anilines is 1. The molecule has 13 heavy (non-hydrogen) atoms. The molecule has 1 heterocycles. The highest BCUT2D eigenvalue weighted by molar-refractivity contribution is 5.49. The predicted molar refractivity (Wildman–Crippen MR) is 38.3 cm³/mol. The summed E-state index contributed by atoms with van der Waals surface area (Å²) in [6, 6.07) is 1.92. The molecule has 0 unspecified atom stereocenters. The van der Waals surface area contributed by atoms with Crippen LogP contribution in [0.3, 0.4) is 0 Å². The number of hydrogen-bond donors (Lipinski definition) is 1. The molecular formula is C7H4F3N3. The number of nitrogens with zero attached hydrogens (tertiary/aromatic N) is 2. The maximum absolute atomic E-state index is 12.8. The summed E-state index contributed by atoms with van der Waals surface area (Å²) in [5.41, 5.74) is 3.78. The van der Waals surface area contributed by atoms with Gasteiger partial charge in [0.15, 0.2) is 0 Å². The van der Waals surface area contributed by atoms with Gasteiger partial charge in [-0.25, -0.2) is 18.2 Å². The van der Waals surface area contributed by atoms with Gasteiger partial charge in [-0.1, -0.05) is 0 Å². The van der Waals surface area contributed by atoms with Gasteiger partial charge in [-0.2, -0.15) is 5.26 Å². The summed E-state index contributed by atoms with van der Waals surface area (Å²) in [5.74, 6) is -1.59. The lowest BCUT2D eigenvalue weighted by Gasteiger charge is -2.02. The van der Waals surface area contributed by atoms with Crippen LogP contribution in [-0.2, 0) is 0 Å². The minimum Gasteiger partial charge on any atom is -0.382 e. The molecule has 0 amide bonds. The molecule has 0 aliphatic heterocycles. The molecule has 0 saturated carbocycles. The van der Waals surface area contributed by atoms with E-state index in [1.54, 1.807) is 0 Å². The summed E-state index contributed by atoms with van der Waals surface area (Å²) < 4.78 is 36.8. The van der Waals surface area contributed by atoms with E-state index >= 15 is 0 Å². The first kappa shape index (κ1) is 9.32.